The summed E-state index contributed by atoms with van der Waals surface area (Å²) >= 11 is 0. The van der Waals surface area contributed by atoms with Crippen LogP contribution in [0.25, 0.3) is 0 Å². The van der Waals surface area contributed by atoms with E-state index in [1.54, 1.807) is 5.56 Å². The number of ether oxygens (including phenoxy) is 1. The highest BCUT2D eigenvalue weighted by Gasteiger charge is 2.42. The first-order valence-electron chi connectivity index (χ1n) is 8.23. The van der Waals surface area contributed by atoms with E-state index in [4.69, 9.17) is 4.74 Å². The number of carbonyl (C=O) groups is 1. The van der Waals surface area contributed by atoms with Crippen molar-refractivity contribution in [1.29, 1.82) is 0 Å². The van der Waals surface area contributed by atoms with E-state index in [1.165, 1.54) is 18.4 Å². The van der Waals surface area contributed by atoms with Gasteiger partial charge in [-0.3, -0.25) is 4.79 Å². The molecule has 0 N–H and O–H groups in total. The Morgan fingerprint density at radius 1 is 1.19 bits per heavy atom. The van der Waals surface area contributed by atoms with Crippen LogP contribution in [0.4, 0.5) is 0 Å². The number of piperidine rings is 1. The zero-order valence-corrected chi connectivity index (χ0v) is 12.5. The Hall–Kier alpha value is -1.35. The highest BCUT2D eigenvalue weighted by molar-refractivity contribution is 5.79. The molecule has 2 fully saturated rings. The number of carbonyl (C=O) groups excluding carboxylic acids is 1. The number of amides is 1. The summed E-state index contributed by atoms with van der Waals surface area (Å²) in [5, 5.41) is 0. The average molecular weight is 285 g/mol. The van der Waals surface area contributed by atoms with Crippen molar-refractivity contribution in [2.24, 2.45) is 5.92 Å². The van der Waals surface area contributed by atoms with Crippen LogP contribution >= 0.6 is 0 Å². The molecule has 1 atom stereocenters. The van der Waals surface area contributed by atoms with Gasteiger partial charge in [-0.05, 0) is 48.6 Å². The summed E-state index contributed by atoms with van der Waals surface area (Å²) in [5.41, 5.74) is 3.43. The lowest BCUT2D eigenvalue weighted by Crippen LogP contribution is -2.46. The SMILES string of the molecule is O=C(C1CCOC1)N1CCC2(CCc3ccccc32)CC1. The van der Waals surface area contributed by atoms with Gasteiger partial charge >= 0.3 is 0 Å². The Morgan fingerprint density at radius 3 is 2.76 bits per heavy atom. The molecule has 0 radical (unpaired) electrons. The van der Waals surface area contributed by atoms with Crippen molar-refractivity contribution < 1.29 is 9.53 Å². The van der Waals surface area contributed by atoms with E-state index >= 15 is 0 Å². The monoisotopic (exact) mass is 285 g/mol. The third-order valence-electron chi connectivity index (χ3n) is 5.77. The van der Waals surface area contributed by atoms with E-state index in [-0.39, 0.29) is 5.92 Å². The number of nitrogens with zero attached hydrogens (tertiary/aromatic N) is 1. The van der Waals surface area contributed by atoms with Crippen molar-refractivity contribution >= 4 is 5.91 Å². The zero-order valence-electron chi connectivity index (χ0n) is 12.5. The summed E-state index contributed by atoms with van der Waals surface area (Å²) in [4.78, 5) is 14.6. The molecule has 1 aliphatic carbocycles. The van der Waals surface area contributed by atoms with Gasteiger partial charge in [0.15, 0.2) is 0 Å². The van der Waals surface area contributed by atoms with Crippen LogP contribution in [0, 0.1) is 5.92 Å². The van der Waals surface area contributed by atoms with Crippen LogP contribution in [-0.2, 0) is 21.4 Å². The third kappa shape index (κ3) is 2.18. The Morgan fingerprint density at radius 2 is 2.00 bits per heavy atom. The van der Waals surface area contributed by atoms with E-state index in [1.807, 2.05) is 0 Å². The molecule has 2 saturated heterocycles. The summed E-state index contributed by atoms with van der Waals surface area (Å²) in [7, 11) is 0. The molecule has 1 aromatic rings. The first-order valence-corrected chi connectivity index (χ1v) is 8.23. The van der Waals surface area contributed by atoms with Crippen molar-refractivity contribution in [2.45, 2.75) is 37.5 Å². The fourth-order valence-electron chi connectivity index (χ4n) is 4.43. The Balaban J connectivity index is 1.46. The van der Waals surface area contributed by atoms with Crippen LogP contribution in [-0.4, -0.2) is 37.1 Å². The molecule has 1 aromatic carbocycles. The maximum atomic E-state index is 12.5. The normalized spacial score (nSPS) is 27.0. The Kier molecular flexibility index (Phi) is 3.26. The smallest absolute Gasteiger partial charge is 0.228 e. The fraction of sp³-hybridized carbons (Fsp3) is 0.611. The van der Waals surface area contributed by atoms with Crippen molar-refractivity contribution in [1.82, 2.24) is 4.90 Å². The van der Waals surface area contributed by atoms with Crippen LogP contribution in [0.5, 0.6) is 0 Å². The molecule has 1 spiro atoms. The van der Waals surface area contributed by atoms with Gasteiger partial charge in [0.25, 0.3) is 0 Å². The van der Waals surface area contributed by atoms with Gasteiger partial charge in [0.1, 0.15) is 0 Å². The molecule has 0 saturated carbocycles. The quantitative estimate of drug-likeness (QED) is 0.793. The number of fused-ring (bicyclic) bond motifs is 2. The molecular weight excluding hydrogens is 262 g/mol. The van der Waals surface area contributed by atoms with Crippen LogP contribution < -0.4 is 0 Å². The standard InChI is InChI=1S/C18H23NO2/c20-17(15-6-12-21-13-15)19-10-8-18(9-11-19)7-5-14-3-1-2-4-16(14)18/h1-4,15H,5-13H2. The zero-order chi connectivity index (χ0) is 14.3. The Labute approximate surface area is 126 Å². The minimum absolute atomic E-state index is 0.120. The fourth-order valence-corrected chi connectivity index (χ4v) is 4.43. The molecule has 1 unspecified atom stereocenters. The van der Waals surface area contributed by atoms with Crippen LogP contribution in [0.1, 0.15) is 36.8 Å². The van der Waals surface area contributed by atoms with Crippen LogP contribution in [0.3, 0.4) is 0 Å². The summed E-state index contributed by atoms with van der Waals surface area (Å²) in [6.07, 6.45) is 5.64. The summed E-state index contributed by atoms with van der Waals surface area (Å²) < 4.78 is 5.36. The van der Waals surface area contributed by atoms with Gasteiger partial charge < -0.3 is 9.64 Å². The lowest BCUT2D eigenvalue weighted by molar-refractivity contribution is -0.137. The van der Waals surface area contributed by atoms with Gasteiger partial charge in [-0.15, -0.1) is 0 Å². The molecule has 0 bridgehead atoms. The predicted octanol–water partition coefficient (Wildman–Crippen LogP) is 2.53. The predicted molar refractivity (Wildman–Crippen MR) is 81.2 cm³/mol. The maximum absolute atomic E-state index is 12.5. The molecule has 1 amide bonds. The largest absolute Gasteiger partial charge is 0.381 e. The molecular formula is C18H23NO2. The number of hydrogen-bond donors (Lipinski definition) is 0. The molecule has 2 heterocycles. The van der Waals surface area contributed by atoms with Crippen LogP contribution in [0.15, 0.2) is 24.3 Å². The molecule has 21 heavy (non-hydrogen) atoms. The lowest BCUT2D eigenvalue weighted by Gasteiger charge is -2.41. The number of benzene rings is 1. The highest BCUT2D eigenvalue weighted by atomic mass is 16.5. The number of rotatable bonds is 1. The second-order valence-corrected chi connectivity index (χ2v) is 6.82. The van der Waals surface area contributed by atoms with Crippen molar-refractivity contribution in [2.75, 3.05) is 26.3 Å². The Bertz CT molecular complexity index is 540. The first-order chi connectivity index (χ1) is 10.3. The molecule has 3 nitrogen and oxygen atoms in total. The van der Waals surface area contributed by atoms with E-state index in [0.717, 1.165) is 39.0 Å². The topological polar surface area (TPSA) is 29.5 Å². The van der Waals surface area contributed by atoms with Crippen molar-refractivity contribution in [3.05, 3.63) is 35.4 Å². The van der Waals surface area contributed by atoms with E-state index < -0.39 is 0 Å². The summed E-state index contributed by atoms with van der Waals surface area (Å²) in [5.74, 6) is 0.448. The van der Waals surface area contributed by atoms with E-state index in [2.05, 4.69) is 29.2 Å². The maximum Gasteiger partial charge on any atom is 0.228 e. The second-order valence-electron chi connectivity index (χ2n) is 6.82. The average Bonchev–Trinajstić information content (AvgIpc) is 3.17. The molecule has 2 aliphatic heterocycles. The molecule has 3 aliphatic rings. The number of aryl methyl sites for hydroxylation is 1. The van der Waals surface area contributed by atoms with Gasteiger partial charge in [-0.2, -0.15) is 0 Å². The van der Waals surface area contributed by atoms with Gasteiger partial charge in [0.05, 0.1) is 12.5 Å². The van der Waals surface area contributed by atoms with E-state index in [9.17, 15) is 4.79 Å². The van der Waals surface area contributed by atoms with Gasteiger partial charge in [0.2, 0.25) is 5.91 Å². The molecule has 0 aromatic heterocycles. The second kappa shape index (κ2) is 5.13. The van der Waals surface area contributed by atoms with Crippen molar-refractivity contribution in [3.8, 4) is 0 Å². The van der Waals surface area contributed by atoms with Gasteiger partial charge in [-0.25, -0.2) is 0 Å². The van der Waals surface area contributed by atoms with Gasteiger partial charge in [-0.1, -0.05) is 24.3 Å². The minimum Gasteiger partial charge on any atom is -0.381 e. The molecule has 112 valence electrons. The minimum atomic E-state index is 0.120. The number of likely N-dealkylation sites (tertiary alicyclic amines) is 1. The van der Waals surface area contributed by atoms with Crippen LogP contribution in [0.2, 0.25) is 0 Å². The molecule has 3 heteroatoms. The third-order valence-corrected chi connectivity index (χ3v) is 5.77. The van der Waals surface area contributed by atoms with E-state index in [0.29, 0.717) is 17.9 Å². The summed E-state index contributed by atoms with van der Waals surface area (Å²) in [6.45, 7) is 3.22. The van der Waals surface area contributed by atoms with Gasteiger partial charge in [0, 0.05) is 19.7 Å². The summed E-state index contributed by atoms with van der Waals surface area (Å²) in [6, 6.07) is 8.90. The van der Waals surface area contributed by atoms with Crippen molar-refractivity contribution in [3.63, 3.8) is 0 Å². The number of hydrogen-bond acceptors (Lipinski definition) is 2. The highest BCUT2D eigenvalue weighted by Crippen LogP contribution is 2.46. The first kappa shape index (κ1) is 13.3. The lowest BCUT2D eigenvalue weighted by atomic mass is 9.73. The molecule has 4 rings (SSSR count).